The summed E-state index contributed by atoms with van der Waals surface area (Å²) < 4.78 is 43.5. The minimum atomic E-state index is -4.52. The summed E-state index contributed by atoms with van der Waals surface area (Å²) in [6.07, 6.45) is -3.02. The van der Waals surface area contributed by atoms with Gasteiger partial charge in [-0.1, -0.05) is 0 Å². The number of aryl methyl sites for hydroxylation is 1. The summed E-state index contributed by atoms with van der Waals surface area (Å²) >= 11 is 0.879. The van der Waals surface area contributed by atoms with Crippen molar-refractivity contribution < 1.29 is 17.6 Å². The van der Waals surface area contributed by atoms with Gasteiger partial charge in [0.05, 0.1) is 5.69 Å². The fourth-order valence-corrected chi connectivity index (χ4v) is 3.25. The molecule has 0 aliphatic carbocycles. The Bertz CT molecular complexity index is 1200. The Labute approximate surface area is 158 Å². The van der Waals surface area contributed by atoms with Crippen molar-refractivity contribution in [2.45, 2.75) is 13.1 Å². The van der Waals surface area contributed by atoms with E-state index >= 15 is 0 Å². The zero-order valence-electron chi connectivity index (χ0n) is 14.0. The normalized spacial score (nSPS) is 11.7. The van der Waals surface area contributed by atoms with Gasteiger partial charge in [0.15, 0.2) is 5.69 Å². The molecular weight excluding hydrogens is 397 g/mol. The molecular formula is C16H9F3N6O2S. The van der Waals surface area contributed by atoms with Crippen LogP contribution in [0.15, 0.2) is 39.0 Å². The predicted molar refractivity (Wildman–Crippen MR) is 92.2 cm³/mol. The second-order valence-electron chi connectivity index (χ2n) is 5.63. The standard InChI is InChI=1S/C16H9F3N6O2S/c1-7-4-8(14-21-12(6-28-14)16(17,18)19)9(5-20-7)10-2-3-11(23-22-10)13-24-25-15(26)27-13/h2-6H,1H3,(H,25,26). The first kappa shape index (κ1) is 18.0. The average Bonchev–Trinajstić information content (AvgIpc) is 3.31. The first-order valence-electron chi connectivity index (χ1n) is 7.71. The lowest BCUT2D eigenvalue weighted by Gasteiger charge is -2.07. The fraction of sp³-hybridized carbons (Fsp3) is 0.125. The van der Waals surface area contributed by atoms with Gasteiger partial charge in [-0.25, -0.2) is 14.9 Å². The van der Waals surface area contributed by atoms with Gasteiger partial charge in [-0.2, -0.15) is 13.2 Å². The number of rotatable bonds is 3. The lowest BCUT2D eigenvalue weighted by molar-refractivity contribution is -0.140. The van der Waals surface area contributed by atoms with Crippen LogP contribution in [0.2, 0.25) is 0 Å². The van der Waals surface area contributed by atoms with Gasteiger partial charge < -0.3 is 4.42 Å². The molecule has 1 N–H and O–H groups in total. The molecule has 0 spiro atoms. The van der Waals surface area contributed by atoms with Gasteiger partial charge >= 0.3 is 11.9 Å². The summed E-state index contributed by atoms with van der Waals surface area (Å²) in [5.74, 6) is -0.754. The molecule has 0 fully saturated rings. The molecule has 0 aliphatic heterocycles. The number of aromatic amines is 1. The van der Waals surface area contributed by atoms with Crippen LogP contribution in [0.3, 0.4) is 0 Å². The Hall–Kier alpha value is -3.41. The molecule has 8 nitrogen and oxygen atoms in total. The van der Waals surface area contributed by atoms with Gasteiger partial charge in [-0.3, -0.25) is 4.98 Å². The maximum Gasteiger partial charge on any atom is 0.434 e. The minimum Gasteiger partial charge on any atom is -0.386 e. The summed E-state index contributed by atoms with van der Waals surface area (Å²) in [4.78, 5) is 18.9. The van der Waals surface area contributed by atoms with Gasteiger partial charge in [-0.05, 0) is 25.1 Å². The number of pyridine rings is 1. The number of nitrogens with one attached hydrogen (secondary N) is 1. The summed E-state index contributed by atoms with van der Waals surface area (Å²) in [7, 11) is 0. The number of alkyl halides is 3. The van der Waals surface area contributed by atoms with Gasteiger partial charge in [0.1, 0.15) is 10.7 Å². The molecule has 142 valence electrons. The van der Waals surface area contributed by atoms with E-state index in [1.165, 1.54) is 12.3 Å². The molecule has 0 aliphatic rings. The zero-order chi connectivity index (χ0) is 19.9. The minimum absolute atomic E-state index is 0.0268. The lowest BCUT2D eigenvalue weighted by atomic mass is 10.1. The highest BCUT2D eigenvalue weighted by Gasteiger charge is 2.34. The van der Waals surface area contributed by atoms with E-state index in [1.54, 1.807) is 19.1 Å². The Morgan fingerprint density at radius 3 is 2.50 bits per heavy atom. The van der Waals surface area contributed by atoms with Crippen LogP contribution < -0.4 is 5.76 Å². The Kier molecular flexibility index (Phi) is 4.26. The average molecular weight is 406 g/mol. The van der Waals surface area contributed by atoms with Crippen LogP contribution in [-0.2, 0) is 6.18 Å². The summed E-state index contributed by atoms with van der Waals surface area (Å²) in [5, 5.41) is 14.9. The number of nitrogens with zero attached hydrogens (tertiary/aromatic N) is 5. The van der Waals surface area contributed by atoms with Crippen molar-refractivity contribution in [3.05, 3.63) is 51.7 Å². The highest BCUT2D eigenvalue weighted by atomic mass is 32.1. The van der Waals surface area contributed by atoms with E-state index in [0.717, 1.165) is 16.7 Å². The Morgan fingerprint density at radius 2 is 1.89 bits per heavy atom. The van der Waals surface area contributed by atoms with Gasteiger partial charge in [0.25, 0.3) is 5.89 Å². The summed E-state index contributed by atoms with van der Waals surface area (Å²) in [6.45, 7) is 1.72. The fourth-order valence-electron chi connectivity index (χ4n) is 2.40. The number of thiazole rings is 1. The maximum atomic E-state index is 12.9. The molecule has 0 saturated carbocycles. The van der Waals surface area contributed by atoms with Gasteiger partial charge in [-0.15, -0.1) is 26.6 Å². The van der Waals surface area contributed by atoms with Crippen LogP contribution in [0.25, 0.3) is 33.4 Å². The molecule has 28 heavy (non-hydrogen) atoms. The Morgan fingerprint density at radius 1 is 1.14 bits per heavy atom. The molecule has 0 unspecified atom stereocenters. The Balaban J connectivity index is 1.76. The molecule has 12 heteroatoms. The molecule has 4 aromatic rings. The third-order valence-corrected chi connectivity index (χ3v) is 4.54. The summed E-state index contributed by atoms with van der Waals surface area (Å²) in [5.41, 5.74) is 1.18. The van der Waals surface area contributed by atoms with Crippen molar-refractivity contribution in [2.75, 3.05) is 0 Å². The monoisotopic (exact) mass is 406 g/mol. The van der Waals surface area contributed by atoms with Crippen molar-refractivity contribution in [1.82, 2.24) is 30.4 Å². The first-order valence-corrected chi connectivity index (χ1v) is 8.59. The second kappa shape index (κ2) is 6.64. The van der Waals surface area contributed by atoms with E-state index in [2.05, 4.69) is 30.4 Å². The molecule has 4 heterocycles. The number of hydrogen-bond acceptors (Lipinski definition) is 8. The van der Waals surface area contributed by atoms with Gasteiger partial charge in [0, 0.05) is 28.4 Å². The van der Waals surface area contributed by atoms with Crippen molar-refractivity contribution in [3.63, 3.8) is 0 Å². The molecule has 0 aromatic carbocycles. The number of H-pyrrole nitrogens is 1. The zero-order valence-corrected chi connectivity index (χ0v) is 14.8. The molecule has 0 radical (unpaired) electrons. The number of aromatic nitrogens is 6. The first-order chi connectivity index (χ1) is 13.3. The highest BCUT2D eigenvalue weighted by Crippen LogP contribution is 2.37. The smallest absolute Gasteiger partial charge is 0.386 e. The molecule has 0 saturated heterocycles. The van der Waals surface area contributed by atoms with Crippen molar-refractivity contribution in [1.29, 1.82) is 0 Å². The van der Waals surface area contributed by atoms with Crippen molar-refractivity contribution >= 4 is 11.3 Å². The van der Waals surface area contributed by atoms with Crippen molar-refractivity contribution in [2.24, 2.45) is 0 Å². The van der Waals surface area contributed by atoms with Crippen LogP contribution in [-0.4, -0.2) is 30.4 Å². The van der Waals surface area contributed by atoms with Crippen molar-refractivity contribution in [3.8, 4) is 33.4 Å². The number of hydrogen-bond donors (Lipinski definition) is 1. The largest absolute Gasteiger partial charge is 0.434 e. The highest BCUT2D eigenvalue weighted by molar-refractivity contribution is 7.13. The van der Waals surface area contributed by atoms with E-state index < -0.39 is 17.6 Å². The lowest BCUT2D eigenvalue weighted by Crippen LogP contribution is -2.05. The number of halogens is 3. The molecule has 4 rings (SSSR count). The van der Waals surface area contributed by atoms with Crippen LogP contribution in [0.4, 0.5) is 13.2 Å². The molecule has 0 bridgehead atoms. The van der Waals surface area contributed by atoms with Crippen LogP contribution in [0.5, 0.6) is 0 Å². The van der Waals surface area contributed by atoms with E-state index in [-0.39, 0.29) is 16.6 Å². The SMILES string of the molecule is Cc1cc(-c2nc(C(F)(F)F)cs2)c(-c2ccc(-c3n[nH]c(=O)o3)nn2)cn1. The molecule has 0 amide bonds. The van der Waals surface area contributed by atoms with E-state index in [1.807, 2.05) is 0 Å². The van der Waals surface area contributed by atoms with Gasteiger partial charge in [0.2, 0.25) is 0 Å². The van der Waals surface area contributed by atoms with E-state index in [4.69, 9.17) is 4.42 Å². The van der Waals surface area contributed by atoms with E-state index in [0.29, 0.717) is 22.5 Å². The maximum absolute atomic E-state index is 12.9. The third-order valence-electron chi connectivity index (χ3n) is 3.66. The van der Waals surface area contributed by atoms with Crippen LogP contribution >= 0.6 is 11.3 Å². The summed E-state index contributed by atoms with van der Waals surface area (Å²) in [6, 6.07) is 4.73. The topological polar surface area (TPSA) is 110 Å². The van der Waals surface area contributed by atoms with E-state index in [9.17, 15) is 18.0 Å². The quantitative estimate of drug-likeness (QED) is 0.556. The van der Waals surface area contributed by atoms with Crippen LogP contribution in [0, 0.1) is 6.92 Å². The second-order valence-corrected chi connectivity index (χ2v) is 6.49. The molecule has 0 atom stereocenters. The third kappa shape index (κ3) is 3.41. The molecule has 4 aromatic heterocycles. The predicted octanol–water partition coefficient (Wildman–Crippen LogP) is 3.33. The van der Waals surface area contributed by atoms with Crippen LogP contribution in [0.1, 0.15) is 11.4 Å².